The van der Waals surface area contributed by atoms with Gasteiger partial charge in [-0.15, -0.1) is 0 Å². The molecule has 0 aliphatic heterocycles. The first-order chi connectivity index (χ1) is 22.4. The second kappa shape index (κ2) is 16.2. The van der Waals surface area contributed by atoms with Gasteiger partial charge in [-0.3, -0.25) is 14.4 Å². The molecule has 11 nitrogen and oxygen atoms in total. The van der Waals surface area contributed by atoms with Crippen LogP contribution in [0.3, 0.4) is 0 Å². The number of phenolic OH excluding ortho intramolecular Hbond substituents is 1. The van der Waals surface area contributed by atoms with E-state index in [9.17, 15) is 29.4 Å². The van der Waals surface area contributed by atoms with Gasteiger partial charge in [0.05, 0.1) is 18.2 Å². The number of carbonyl (C=O) groups is 4. The molecule has 3 unspecified atom stereocenters. The van der Waals surface area contributed by atoms with Crippen molar-refractivity contribution in [1.29, 1.82) is 0 Å². The van der Waals surface area contributed by atoms with E-state index >= 15 is 0 Å². The van der Waals surface area contributed by atoms with Crippen LogP contribution in [0.2, 0.25) is 5.02 Å². The van der Waals surface area contributed by atoms with E-state index in [1.807, 2.05) is 0 Å². The third-order valence-electron chi connectivity index (χ3n) is 8.13. The van der Waals surface area contributed by atoms with Crippen molar-refractivity contribution >= 4 is 35.3 Å². The highest BCUT2D eigenvalue weighted by Gasteiger charge is 2.27. The summed E-state index contributed by atoms with van der Waals surface area (Å²) in [6.07, 6.45) is 4.38. The second-order valence-corrected chi connectivity index (χ2v) is 12.2. The van der Waals surface area contributed by atoms with Crippen LogP contribution in [0.1, 0.15) is 85.1 Å². The molecule has 0 radical (unpaired) electrons. The van der Waals surface area contributed by atoms with Gasteiger partial charge in [0.1, 0.15) is 23.3 Å². The van der Waals surface area contributed by atoms with Gasteiger partial charge in [-0.05, 0) is 79.3 Å². The van der Waals surface area contributed by atoms with Crippen LogP contribution in [0.5, 0.6) is 17.2 Å². The summed E-state index contributed by atoms with van der Waals surface area (Å²) in [4.78, 5) is 49.6. The molecule has 3 amide bonds. The predicted molar refractivity (Wildman–Crippen MR) is 175 cm³/mol. The van der Waals surface area contributed by atoms with Crippen LogP contribution in [-0.4, -0.2) is 46.6 Å². The van der Waals surface area contributed by atoms with E-state index < -0.39 is 41.9 Å². The fraction of sp³-hybridized carbons (Fsp3) is 0.371. The van der Waals surface area contributed by atoms with E-state index in [2.05, 4.69) is 10.6 Å². The molecule has 0 saturated heterocycles. The molecule has 0 heterocycles. The van der Waals surface area contributed by atoms with Crippen molar-refractivity contribution in [2.24, 2.45) is 11.7 Å². The Labute approximate surface area is 278 Å². The number of aliphatic carboxylic acids is 1. The van der Waals surface area contributed by atoms with Crippen LogP contribution in [0.15, 0.2) is 60.7 Å². The van der Waals surface area contributed by atoms with Crippen molar-refractivity contribution in [3.05, 3.63) is 87.9 Å². The molecule has 12 heteroatoms. The van der Waals surface area contributed by atoms with Crippen LogP contribution >= 0.6 is 11.6 Å². The van der Waals surface area contributed by atoms with Gasteiger partial charge in [-0.1, -0.05) is 49.1 Å². The lowest BCUT2D eigenvalue weighted by molar-refractivity contribution is -0.145. The van der Waals surface area contributed by atoms with Crippen LogP contribution in [-0.2, 0) is 20.8 Å². The van der Waals surface area contributed by atoms with Crippen LogP contribution < -0.4 is 25.8 Å². The number of carboxylic acids is 1. The van der Waals surface area contributed by atoms with Crippen LogP contribution in [0.25, 0.3) is 0 Å². The van der Waals surface area contributed by atoms with E-state index in [0.717, 1.165) is 12.8 Å². The van der Waals surface area contributed by atoms with Crippen LogP contribution in [0, 0.1) is 5.92 Å². The summed E-state index contributed by atoms with van der Waals surface area (Å²) in [7, 11) is 0. The summed E-state index contributed by atoms with van der Waals surface area (Å²) in [5, 5.41) is 25.7. The molecule has 0 aromatic heterocycles. The largest absolute Gasteiger partial charge is 0.508 e. The first-order valence-electron chi connectivity index (χ1n) is 15.5. The topological polar surface area (TPSA) is 177 Å². The maximum absolute atomic E-state index is 13.4. The fourth-order valence-corrected chi connectivity index (χ4v) is 5.79. The zero-order chi connectivity index (χ0) is 34.1. The lowest BCUT2D eigenvalue weighted by Crippen LogP contribution is -2.48. The highest BCUT2D eigenvalue weighted by molar-refractivity contribution is 6.30. The number of carboxylic acid groups (broad SMARTS) is 1. The van der Waals surface area contributed by atoms with Crippen molar-refractivity contribution in [2.45, 2.75) is 70.6 Å². The number of aromatic hydroxyl groups is 1. The van der Waals surface area contributed by atoms with Gasteiger partial charge in [-0.2, -0.15) is 0 Å². The molecular weight excluding hydrogens is 626 g/mol. The maximum atomic E-state index is 13.4. The quantitative estimate of drug-likeness (QED) is 0.155. The number of carbonyl (C=O) groups excluding carboxylic acids is 3. The van der Waals surface area contributed by atoms with Gasteiger partial charge < -0.3 is 36.1 Å². The minimum Gasteiger partial charge on any atom is -0.508 e. The number of rotatable bonds is 14. The Morgan fingerprint density at radius 2 is 1.68 bits per heavy atom. The Hall–Kier alpha value is -4.77. The molecule has 4 rings (SSSR count). The molecular formula is C35H40ClN3O8. The summed E-state index contributed by atoms with van der Waals surface area (Å²) in [6, 6.07) is 14.0. The average molecular weight is 666 g/mol. The van der Waals surface area contributed by atoms with Gasteiger partial charge >= 0.3 is 5.97 Å². The molecule has 1 aliphatic rings. The Kier molecular flexibility index (Phi) is 12.1. The molecule has 3 atom stereocenters. The van der Waals surface area contributed by atoms with Crippen molar-refractivity contribution < 1.29 is 38.9 Å². The third kappa shape index (κ3) is 9.86. The molecule has 1 fully saturated rings. The minimum absolute atomic E-state index is 0.00449. The van der Waals surface area contributed by atoms with Crippen molar-refractivity contribution in [3.8, 4) is 17.2 Å². The molecule has 47 heavy (non-hydrogen) atoms. The van der Waals surface area contributed by atoms with Gasteiger partial charge in [0.25, 0.3) is 5.91 Å². The first kappa shape index (κ1) is 35.1. The number of primary amides is 1. The normalized spacial score (nSPS) is 15.1. The molecule has 1 aliphatic carbocycles. The SMILES string of the molecule is CC(=O)NC(Cc1ccc(OC(C(=O)O)c2cc(Cl)ccc2O)cc1)C(=O)NC(C)c1ccc(OCC2CCCCC2)c(C(N)=O)c1. The fourth-order valence-electron chi connectivity index (χ4n) is 5.61. The number of hydrogen-bond donors (Lipinski definition) is 5. The Balaban J connectivity index is 1.42. The number of hydrogen-bond acceptors (Lipinski definition) is 7. The Bertz CT molecular complexity index is 1590. The molecule has 1 saturated carbocycles. The zero-order valence-corrected chi connectivity index (χ0v) is 27.1. The van der Waals surface area contributed by atoms with Gasteiger partial charge in [0.15, 0.2) is 0 Å². The summed E-state index contributed by atoms with van der Waals surface area (Å²) in [5.74, 6) is -2.03. The van der Waals surface area contributed by atoms with E-state index in [0.29, 0.717) is 29.4 Å². The van der Waals surface area contributed by atoms with Gasteiger partial charge in [0.2, 0.25) is 17.9 Å². The van der Waals surface area contributed by atoms with E-state index in [4.69, 9.17) is 26.8 Å². The summed E-state index contributed by atoms with van der Waals surface area (Å²) in [5.41, 5.74) is 7.19. The van der Waals surface area contributed by atoms with Crippen molar-refractivity contribution in [2.75, 3.05) is 6.61 Å². The summed E-state index contributed by atoms with van der Waals surface area (Å²) >= 11 is 5.98. The lowest BCUT2D eigenvalue weighted by atomic mass is 9.90. The monoisotopic (exact) mass is 665 g/mol. The zero-order valence-electron chi connectivity index (χ0n) is 26.3. The lowest BCUT2D eigenvalue weighted by Gasteiger charge is -2.23. The molecule has 0 spiro atoms. The van der Waals surface area contributed by atoms with Crippen molar-refractivity contribution in [3.63, 3.8) is 0 Å². The molecule has 3 aromatic rings. The van der Waals surface area contributed by atoms with E-state index in [1.54, 1.807) is 37.3 Å². The number of halogens is 1. The van der Waals surface area contributed by atoms with Gasteiger partial charge in [0, 0.05) is 23.9 Å². The number of ether oxygens (including phenoxy) is 2. The molecule has 3 aromatic carbocycles. The Morgan fingerprint density at radius 3 is 2.32 bits per heavy atom. The highest BCUT2D eigenvalue weighted by Crippen LogP contribution is 2.32. The number of phenols is 1. The van der Waals surface area contributed by atoms with Crippen molar-refractivity contribution in [1.82, 2.24) is 10.6 Å². The Morgan fingerprint density at radius 1 is 0.979 bits per heavy atom. The highest BCUT2D eigenvalue weighted by atomic mass is 35.5. The molecule has 250 valence electrons. The third-order valence-corrected chi connectivity index (χ3v) is 8.37. The van der Waals surface area contributed by atoms with E-state index in [-0.39, 0.29) is 34.1 Å². The average Bonchev–Trinajstić information content (AvgIpc) is 3.04. The summed E-state index contributed by atoms with van der Waals surface area (Å²) in [6.45, 7) is 3.58. The second-order valence-electron chi connectivity index (χ2n) is 11.8. The first-order valence-corrected chi connectivity index (χ1v) is 15.9. The summed E-state index contributed by atoms with van der Waals surface area (Å²) < 4.78 is 11.6. The van der Waals surface area contributed by atoms with Gasteiger partial charge in [-0.25, -0.2) is 4.79 Å². The van der Waals surface area contributed by atoms with E-state index in [1.165, 1.54) is 56.5 Å². The predicted octanol–water partition coefficient (Wildman–Crippen LogP) is 5.23. The number of nitrogens with two attached hydrogens (primary N) is 1. The smallest absolute Gasteiger partial charge is 0.349 e. The number of amides is 3. The minimum atomic E-state index is -1.52. The maximum Gasteiger partial charge on any atom is 0.349 e. The molecule has 0 bridgehead atoms. The number of benzene rings is 3. The van der Waals surface area contributed by atoms with Crippen LogP contribution in [0.4, 0.5) is 0 Å². The standard InChI is InChI=1S/C35H40ClN3O8/c1-20(24-10-15-31(28(17-24)33(37)42)46-19-23-6-4-3-5-7-23)38-34(43)29(39-21(2)40)16-22-8-12-26(13-9-22)47-32(35(44)45)27-18-25(36)11-14-30(27)41/h8-15,17-18,20,23,29,32,41H,3-7,16,19H2,1-2H3,(H2,37,42)(H,38,43)(H,39,40)(H,44,45). The molecule has 6 N–H and O–H groups in total. The number of nitrogens with one attached hydrogen (secondary N) is 2.